The summed E-state index contributed by atoms with van der Waals surface area (Å²) in [5.41, 5.74) is -0.874. The number of ether oxygens (including phenoxy) is 1. The second kappa shape index (κ2) is 9.33. The standard InChI is InChI=1S/C25H34N2O6/c1-3-4-12-27-22(29)19-20(23(27)30)25(24(31)32,14-15-8-6-5-7-9-15)26-21(19)16-10-11-17(28)18(13-16)33-2/h10-11,13,15,19-21,26,28H,3-9,12,14H2,1-2H3,(H,31,32). The van der Waals surface area contributed by atoms with Gasteiger partial charge in [-0.05, 0) is 36.5 Å². The Balaban J connectivity index is 1.78. The topological polar surface area (TPSA) is 116 Å². The third-order valence-electron chi connectivity index (χ3n) is 7.76. The number of carbonyl (C=O) groups is 3. The number of methoxy groups -OCH3 is 1. The van der Waals surface area contributed by atoms with Crippen molar-refractivity contribution in [1.82, 2.24) is 10.2 Å². The van der Waals surface area contributed by atoms with Crippen LogP contribution in [0.3, 0.4) is 0 Å². The first kappa shape index (κ1) is 23.5. The monoisotopic (exact) mass is 458 g/mol. The van der Waals surface area contributed by atoms with Crippen LogP contribution < -0.4 is 10.1 Å². The van der Waals surface area contributed by atoms with Crippen molar-refractivity contribution in [1.29, 1.82) is 0 Å². The molecule has 33 heavy (non-hydrogen) atoms. The summed E-state index contributed by atoms with van der Waals surface area (Å²) in [5, 5.41) is 23.8. The molecule has 4 rings (SSSR count). The molecule has 0 radical (unpaired) electrons. The zero-order chi connectivity index (χ0) is 23.8. The number of nitrogens with one attached hydrogen (secondary N) is 1. The number of carboxylic acid groups (broad SMARTS) is 1. The lowest BCUT2D eigenvalue weighted by molar-refractivity contribution is -0.152. The van der Waals surface area contributed by atoms with Crippen LogP contribution in [0.1, 0.15) is 69.9 Å². The van der Waals surface area contributed by atoms with Gasteiger partial charge < -0.3 is 14.9 Å². The van der Waals surface area contributed by atoms with Crippen molar-refractivity contribution in [2.45, 2.75) is 69.9 Å². The minimum Gasteiger partial charge on any atom is -0.504 e. The van der Waals surface area contributed by atoms with Crippen molar-refractivity contribution in [3.05, 3.63) is 23.8 Å². The van der Waals surface area contributed by atoms with Gasteiger partial charge in [-0.1, -0.05) is 51.5 Å². The van der Waals surface area contributed by atoms with Crippen LogP contribution in [-0.2, 0) is 14.4 Å². The van der Waals surface area contributed by atoms with Crippen molar-refractivity contribution in [2.24, 2.45) is 17.8 Å². The third kappa shape index (κ3) is 3.98. The number of benzene rings is 1. The van der Waals surface area contributed by atoms with Crippen LogP contribution in [0, 0.1) is 17.8 Å². The highest BCUT2D eigenvalue weighted by Gasteiger charge is 2.68. The fourth-order valence-electron chi connectivity index (χ4n) is 6.09. The van der Waals surface area contributed by atoms with Gasteiger partial charge in [-0.15, -0.1) is 0 Å². The summed E-state index contributed by atoms with van der Waals surface area (Å²) in [6.45, 7) is 2.30. The summed E-state index contributed by atoms with van der Waals surface area (Å²) in [6.07, 6.45) is 6.98. The van der Waals surface area contributed by atoms with Crippen LogP contribution in [0.4, 0.5) is 0 Å². The lowest BCUT2D eigenvalue weighted by Crippen LogP contribution is -2.56. The summed E-state index contributed by atoms with van der Waals surface area (Å²) in [5.74, 6) is -3.12. The van der Waals surface area contributed by atoms with Crippen molar-refractivity contribution in [3.63, 3.8) is 0 Å². The first-order chi connectivity index (χ1) is 15.8. The van der Waals surface area contributed by atoms with E-state index in [9.17, 15) is 24.6 Å². The van der Waals surface area contributed by atoms with Gasteiger partial charge in [0.05, 0.1) is 18.9 Å². The number of phenols is 1. The van der Waals surface area contributed by atoms with Crippen LogP contribution in [0.5, 0.6) is 11.5 Å². The number of aromatic hydroxyl groups is 1. The van der Waals surface area contributed by atoms with Crippen LogP contribution in [-0.4, -0.2) is 52.1 Å². The number of carbonyl (C=O) groups excluding carboxylic acids is 2. The lowest BCUT2D eigenvalue weighted by atomic mass is 9.72. The maximum atomic E-state index is 13.6. The van der Waals surface area contributed by atoms with Gasteiger partial charge >= 0.3 is 5.97 Å². The van der Waals surface area contributed by atoms with Crippen molar-refractivity contribution in [2.75, 3.05) is 13.7 Å². The van der Waals surface area contributed by atoms with Gasteiger partial charge in [-0.25, -0.2) is 0 Å². The summed E-state index contributed by atoms with van der Waals surface area (Å²) in [7, 11) is 1.44. The molecule has 1 saturated carbocycles. The molecule has 0 bridgehead atoms. The summed E-state index contributed by atoms with van der Waals surface area (Å²) in [4.78, 5) is 41.2. The highest BCUT2D eigenvalue weighted by atomic mass is 16.5. The number of rotatable bonds is 8. The van der Waals surface area contributed by atoms with Gasteiger partial charge in [0, 0.05) is 12.6 Å². The van der Waals surface area contributed by atoms with Crippen molar-refractivity contribution in [3.8, 4) is 11.5 Å². The molecule has 2 amide bonds. The lowest BCUT2D eigenvalue weighted by Gasteiger charge is -2.35. The number of carboxylic acids is 1. The predicted molar refractivity (Wildman–Crippen MR) is 121 cm³/mol. The molecule has 3 aliphatic rings. The molecular weight excluding hydrogens is 424 g/mol. The molecule has 4 unspecified atom stereocenters. The Morgan fingerprint density at radius 3 is 2.58 bits per heavy atom. The van der Waals surface area contributed by atoms with E-state index in [4.69, 9.17) is 4.74 Å². The van der Waals surface area contributed by atoms with E-state index >= 15 is 0 Å². The second-order valence-corrected chi connectivity index (χ2v) is 9.72. The average Bonchev–Trinajstić information content (AvgIpc) is 3.28. The molecule has 0 spiro atoms. The first-order valence-corrected chi connectivity index (χ1v) is 12.1. The van der Waals surface area contributed by atoms with Gasteiger partial charge in [-0.2, -0.15) is 0 Å². The van der Waals surface area contributed by atoms with Gasteiger partial charge in [-0.3, -0.25) is 24.6 Å². The van der Waals surface area contributed by atoms with Crippen molar-refractivity contribution < 1.29 is 29.3 Å². The predicted octanol–water partition coefficient (Wildman–Crippen LogP) is 3.24. The van der Waals surface area contributed by atoms with Crippen LogP contribution in [0.2, 0.25) is 0 Å². The van der Waals surface area contributed by atoms with Gasteiger partial charge in [0.1, 0.15) is 5.54 Å². The van der Waals surface area contributed by atoms with E-state index in [0.717, 1.165) is 38.5 Å². The Hall–Kier alpha value is -2.61. The molecule has 2 aliphatic heterocycles. The molecule has 2 saturated heterocycles. The zero-order valence-corrected chi connectivity index (χ0v) is 19.4. The van der Waals surface area contributed by atoms with E-state index in [1.807, 2.05) is 6.92 Å². The molecule has 0 aromatic heterocycles. The number of amides is 2. The fourth-order valence-corrected chi connectivity index (χ4v) is 6.09. The molecule has 180 valence electrons. The minimum atomic E-state index is -1.50. The minimum absolute atomic E-state index is 0.0408. The molecule has 3 fully saturated rings. The maximum absolute atomic E-state index is 13.6. The van der Waals surface area contributed by atoms with E-state index in [1.54, 1.807) is 12.1 Å². The number of phenolic OH excluding ortho intramolecular Hbond substituents is 1. The van der Waals surface area contributed by atoms with Crippen LogP contribution in [0.25, 0.3) is 0 Å². The van der Waals surface area contributed by atoms with E-state index in [1.165, 1.54) is 18.1 Å². The number of hydrogen-bond donors (Lipinski definition) is 3. The van der Waals surface area contributed by atoms with Gasteiger partial charge in [0.15, 0.2) is 11.5 Å². The highest BCUT2D eigenvalue weighted by Crippen LogP contribution is 2.52. The zero-order valence-electron chi connectivity index (χ0n) is 19.4. The number of likely N-dealkylation sites (tertiary alicyclic amines) is 1. The summed E-state index contributed by atoms with van der Waals surface area (Å²) in [6, 6.07) is 4.10. The van der Waals surface area contributed by atoms with Gasteiger partial charge in [0.2, 0.25) is 11.8 Å². The molecule has 1 aromatic carbocycles. The highest BCUT2D eigenvalue weighted by molar-refractivity contribution is 6.09. The Labute approximate surface area is 194 Å². The van der Waals surface area contributed by atoms with E-state index < -0.39 is 29.4 Å². The summed E-state index contributed by atoms with van der Waals surface area (Å²) < 4.78 is 5.24. The Bertz CT molecular complexity index is 927. The Kier molecular flexibility index (Phi) is 6.66. The molecule has 2 heterocycles. The quantitative estimate of drug-likeness (QED) is 0.512. The molecule has 8 nitrogen and oxygen atoms in total. The number of unbranched alkanes of at least 4 members (excludes halogenated alkanes) is 1. The number of fused-ring (bicyclic) bond motifs is 1. The second-order valence-electron chi connectivity index (χ2n) is 9.72. The summed E-state index contributed by atoms with van der Waals surface area (Å²) >= 11 is 0. The number of nitrogens with zero attached hydrogens (tertiary/aromatic N) is 1. The third-order valence-corrected chi connectivity index (χ3v) is 7.76. The number of imide groups is 1. The smallest absolute Gasteiger partial charge is 0.324 e. The van der Waals surface area contributed by atoms with E-state index in [-0.39, 0.29) is 29.2 Å². The molecule has 3 N–H and O–H groups in total. The van der Waals surface area contributed by atoms with E-state index in [2.05, 4.69) is 5.32 Å². The van der Waals surface area contributed by atoms with Crippen LogP contribution >= 0.6 is 0 Å². The largest absolute Gasteiger partial charge is 0.504 e. The normalized spacial score (nSPS) is 30.0. The van der Waals surface area contributed by atoms with Crippen LogP contribution in [0.15, 0.2) is 18.2 Å². The average molecular weight is 459 g/mol. The molecule has 1 aliphatic carbocycles. The molecule has 1 aromatic rings. The Morgan fingerprint density at radius 1 is 1.21 bits per heavy atom. The van der Waals surface area contributed by atoms with E-state index in [0.29, 0.717) is 24.9 Å². The first-order valence-electron chi connectivity index (χ1n) is 12.1. The maximum Gasteiger partial charge on any atom is 0.324 e. The Morgan fingerprint density at radius 2 is 1.94 bits per heavy atom. The number of hydrogen-bond acceptors (Lipinski definition) is 6. The van der Waals surface area contributed by atoms with Crippen molar-refractivity contribution >= 4 is 17.8 Å². The number of aliphatic carboxylic acids is 1. The molecular formula is C25H34N2O6. The van der Waals surface area contributed by atoms with Gasteiger partial charge in [0.25, 0.3) is 0 Å². The molecule has 4 atom stereocenters. The SMILES string of the molecule is CCCCN1C(=O)C2C(c3ccc(O)c(OC)c3)NC(CC3CCCCC3)(C(=O)O)C2C1=O. The molecule has 8 heteroatoms. The fraction of sp³-hybridized carbons (Fsp3) is 0.640.